The molecule has 3 rings (SSSR count). The van der Waals surface area contributed by atoms with Gasteiger partial charge >= 0.3 is 0 Å². The van der Waals surface area contributed by atoms with Gasteiger partial charge in [0.25, 0.3) is 0 Å². The van der Waals surface area contributed by atoms with Crippen LogP contribution in [0.15, 0.2) is 54.6 Å². The first-order valence-corrected chi connectivity index (χ1v) is 7.15. The number of carbonyl (C=O) groups excluding carboxylic acids is 1. The lowest BCUT2D eigenvalue weighted by Gasteiger charge is -2.13. The summed E-state index contributed by atoms with van der Waals surface area (Å²) in [5.74, 6) is -0.704. The van der Waals surface area contributed by atoms with Gasteiger partial charge in [0.05, 0.1) is 11.5 Å². The monoisotopic (exact) mass is 291 g/mol. The number of carbonyl (C=O) groups is 1. The van der Waals surface area contributed by atoms with Gasteiger partial charge in [-0.2, -0.15) is 0 Å². The van der Waals surface area contributed by atoms with E-state index in [2.05, 4.69) is 17.2 Å². The number of aromatic nitrogens is 1. The number of fused-ring (bicyclic) bond motifs is 1. The van der Waals surface area contributed by atoms with E-state index in [1.807, 2.05) is 30.3 Å². The quantitative estimate of drug-likeness (QED) is 0.802. The van der Waals surface area contributed by atoms with Gasteiger partial charge in [-0.1, -0.05) is 43.3 Å². The number of carboxylic acids is 1. The number of pyridine rings is 1. The number of aromatic carboxylic acids is 1. The van der Waals surface area contributed by atoms with Crippen molar-refractivity contribution in [3.63, 3.8) is 0 Å². The first-order chi connectivity index (χ1) is 10.7. The van der Waals surface area contributed by atoms with Crippen molar-refractivity contribution in [1.29, 1.82) is 0 Å². The maximum Gasteiger partial charge on any atom is 0.131 e. The lowest BCUT2D eigenvalue weighted by molar-refractivity contribution is -0.254. The van der Waals surface area contributed by atoms with Gasteiger partial charge in [0.15, 0.2) is 0 Å². The van der Waals surface area contributed by atoms with E-state index < -0.39 is 5.97 Å². The predicted molar refractivity (Wildman–Crippen MR) is 85.2 cm³/mol. The van der Waals surface area contributed by atoms with Gasteiger partial charge in [-0.05, 0) is 30.2 Å². The Labute approximate surface area is 128 Å². The molecule has 0 unspecified atom stereocenters. The maximum atomic E-state index is 11.4. The molecule has 0 atom stereocenters. The fraction of sp³-hybridized carbons (Fsp3) is 0.111. The van der Waals surface area contributed by atoms with Crippen LogP contribution in [0.5, 0.6) is 0 Å². The van der Waals surface area contributed by atoms with E-state index in [0.717, 1.165) is 17.7 Å². The second-order valence-corrected chi connectivity index (χ2v) is 5.00. The molecule has 0 aliphatic rings. The molecule has 1 N–H and O–H groups in total. The van der Waals surface area contributed by atoms with E-state index in [9.17, 15) is 9.90 Å². The van der Waals surface area contributed by atoms with Crippen LogP contribution in [-0.4, -0.2) is 11.0 Å². The Bertz CT molecular complexity index is 843. The summed E-state index contributed by atoms with van der Waals surface area (Å²) < 4.78 is 0. The summed E-state index contributed by atoms with van der Waals surface area (Å²) in [6.07, 6.45) is 0.879. The number of anilines is 2. The molecule has 1 heterocycles. The molecule has 0 radical (unpaired) electrons. The number of carboxylic acid groups (broad SMARTS) is 1. The minimum atomic E-state index is -1.20. The van der Waals surface area contributed by atoms with E-state index in [1.54, 1.807) is 18.2 Å². The second kappa shape index (κ2) is 5.85. The summed E-state index contributed by atoms with van der Waals surface area (Å²) >= 11 is 0. The highest BCUT2D eigenvalue weighted by molar-refractivity contribution is 6.02. The highest BCUT2D eigenvalue weighted by Crippen LogP contribution is 2.24. The molecule has 3 aromatic rings. The number of nitrogens with zero attached hydrogens (tertiary/aromatic N) is 1. The number of rotatable bonds is 4. The minimum Gasteiger partial charge on any atom is -0.545 e. The normalized spacial score (nSPS) is 10.6. The molecule has 2 aromatic carbocycles. The molecule has 1 aromatic heterocycles. The SMILES string of the molecule is CCc1ccccc1Nc1cc(C(=O)[O-])c2ccccc2n1. The van der Waals surface area contributed by atoms with Gasteiger partial charge < -0.3 is 15.2 Å². The zero-order valence-corrected chi connectivity index (χ0v) is 12.2. The van der Waals surface area contributed by atoms with Crippen molar-refractivity contribution < 1.29 is 9.90 Å². The van der Waals surface area contributed by atoms with Crippen LogP contribution in [0.3, 0.4) is 0 Å². The van der Waals surface area contributed by atoms with Crippen LogP contribution in [0, 0.1) is 0 Å². The fourth-order valence-electron chi connectivity index (χ4n) is 2.50. The van der Waals surface area contributed by atoms with E-state index in [4.69, 9.17) is 0 Å². The smallest absolute Gasteiger partial charge is 0.131 e. The predicted octanol–water partition coefficient (Wildman–Crippen LogP) is 2.90. The van der Waals surface area contributed by atoms with Crippen molar-refractivity contribution in [2.75, 3.05) is 5.32 Å². The molecule has 0 aliphatic heterocycles. The Hall–Kier alpha value is -2.88. The van der Waals surface area contributed by atoms with Crippen LogP contribution in [-0.2, 0) is 6.42 Å². The summed E-state index contributed by atoms with van der Waals surface area (Å²) in [5, 5.41) is 15.2. The van der Waals surface area contributed by atoms with Crippen molar-refractivity contribution in [3.05, 3.63) is 65.7 Å². The summed E-state index contributed by atoms with van der Waals surface area (Å²) in [7, 11) is 0. The Kier molecular flexibility index (Phi) is 3.74. The Morgan fingerprint density at radius 3 is 2.64 bits per heavy atom. The van der Waals surface area contributed by atoms with Crippen LogP contribution in [0.2, 0.25) is 0 Å². The lowest BCUT2D eigenvalue weighted by Crippen LogP contribution is -2.22. The molecule has 4 heteroatoms. The third kappa shape index (κ3) is 2.63. The molecule has 0 aliphatic carbocycles. The van der Waals surface area contributed by atoms with Crippen molar-refractivity contribution in [2.45, 2.75) is 13.3 Å². The third-order valence-corrected chi connectivity index (χ3v) is 3.60. The van der Waals surface area contributed by atoms with Crippen molar-refractivity contribution >= 4 is 28.4 Å². The second-order valence-electron chi connectivity index (χ2n) is 5.00. The zero-order chi connectivity index (χ0) is 15.5. The Balaban J connectivity index is 2.10. The van der Waals surface area contributed by atoms with Crippen molar-refractivity contribution in [2.24, 2.45) is 0 Å². The molecule has 0 fully saturated rings. The largest absolute Gasteiger partial charge is 0.545 e. The number of hydrogen-bond donors (Lipinski definition) is 1. The minimum absolute atomic E-state index is 0.141. The van der Waals surface area contributed by atoms with Crippen LogP contribution >= 0.6 is 0 Å². The fourth-order valence-corrected chi connectivity index (χ4v) is 2.50. The number of para-hydroxylation sites is 2. The lowest BCUT2D eigenvalue weighted by atomic mass is 10.1. The molecule has 4 nitrogen and oxygen atoms in total. The zero-order valence-electron chi connectivity index (χ0n) is 12.2. The molecule has 0 saturated heterocycles. The standard InChI is InChI=1S/C18H16N2O2/c1-2-12-7-3-5-9-15(12)19-17-11-14(18(21)22)13-8-4-6-10-16(13)20-17/h3-11H,2H2,1H3,(H,19,20)(H,21,22)/p-1. The van der Waals surface area contributed by atoms with Crippen LogP contribution in [0.1, 0.15) is 22.8 Å². The average Bonchev–Trinajstić information content (AvgIpc) is 2.54. The van der Waals surface area contributed by atoms with Gasteiger partial charge in [-0.3, -0.25) is 0 Å². The first-order valence-electron chi connectivity index (χ1n) is 7.15. The molecule has 0 saturated carbocycles. The number of hydrogen-bond acceptors (Lipinski definition) is 4. The van der Waals surface area contributed by atoms with Crippen LogP contribution in [0.4, 0.5) is 11.5 Å². The Morgan fingerprint density at radius 2 is 1.86 bits per heavy atom. The summed E-state index contributed by atoms with van der Waals surface area (Å²) in [5.41, 5.74) is 2.84. The first kappa shape index (κ1) is 14.1. The van der Waals surface area contributed by atoms with Crippen LogP contribution < -0.4 is 10.4 Å². The summed E-state index contributed by atoms with van der Waals surface area (Å²) in [6, 6.07) is 16.6. The third-order valence-electron chi connectivity index (χ3n) is 3.60. The number of nitrogens with one attached hydrogen (secondary N) is 1. The van der Waals surface area contributed by atoms with Gasteiger partial charge in [-0.25, -0.2) is 4.98 Å². The highest BCUT2D eigenvalue weighted by Gasteiger charge is 2.08. The molecule has 0 amide bonds. The maximum absolute atomic E-state index is 11.4. The Morgan fingerprint density at radius 1 is 1.14 bits per heavy atom. The molecule has 0 bridgehead atoms. The topological polar surface area (TPSA) is 65.0 Å². The van der Waals surface area contributed by atoms with E-state index in [0.29, 0.717) is 16.7 Å². The molecule has 110 valence electrons. The van der Waals surface area contributed by atoms with Gasteiger partial charge in [0, 0.05) is 16.6 Å². The van der Waals surface area contributed by atoms with Crippen molar-refractivity contribution in [3.8, 4) is 0 Å². The van der Waals surface area contributed by atoms with Crippen molar-refractivity contribution in [1.82, 2.24) is 4.98 Å². The molecule has 0 spiro atoms. The van der Waals surface area contributed by atoms with Gasteiger partial charge in [-0.15, -0.1) is 0 Å². The van der Waals surface area contributed by atoms with E-state index >= 15 is 0 Å². The summed E-state index contributed by atoms with van der Waals surface area (Å²) in [4.78, 5) is 15.9. The van der Waals surface area contributed by atoms with E-state index in [-0.39, 0.29) is 5.56 Å². The summed E-state index contributed by atoms with van der Waals surface area (Å²) in [6.45, 7) is 2.07. The number of benzene rings is 2. The van der Waals surface area contributed by atoms with Crippen LogP contribution in [0.25, 0.3) is 10.9 Å². The van der Waals surface area contributed by atoms with Gasteiger partial charge in [0.2, 0.25) is 0 Å². The number of aryl methyl sites for hydroxylation is 1. The molecular weight excluding hydrogens is 276 g/mol. The highest BCUT2D eigenvalue weighted by atomic mass is 16.4. The molecule has 22 heavy (non-hydrogen) atoms. The van der Waals surface area contributed by atoms with E-state index in [1.165, 1.54) is 6.07 Å². The van der Waals surface area contributed by atoms with Gasteiger partial charge in [0.1, 0.15) is 5.82 Å². The molecular formula is C18H15N2O2-. The average molecular weight is 291 g/mol.